The van der Waals surface area contributed by atoms with E-state index < -0.39 is 5.97 Å². The predicted octanol–water partition coefficient (Wildman–Crippen LogP) is -2.15. The minimum atomic E-state index is -0.708. The van der Waals surface area contributed by atoms with Gasteiger partial charge in [0.15, 0.2) is 0 Å². The third-order valence-corrected chi connectivity index (χ3v) is 2.76. The van der Waals surface area contributed by atoms with Crippen molar-refractivity contribution in [2.75, 3.05) is 4.93 Å². The number of aliphatic carboxylic acids is 1. The Bertz CT molecular complexity index is 119. The number of unbranched alkanes of at least 4 members (excludes halogenated alkanes) is 1. The van der Waals surface area contributed by atoms with Crippen molar-refractivity contribution in [1.29, 1.82) is 0 Å². The number of carbonyl (C=O) groups is 1. The van der Waals surface area contributed by atoms with Crippen LogP contribution in [0, 0.1) is 0 Å². The number of rotatable bonds is 6. The monoisotopic (exact) mass is 272 g/mol. The molecule has 2 N–H and O–H groups in total. The number of carboxylic acids is 1. The summed E-state index contributed by atoms with van der Waals surface area (Å²) in [5, 5.41) is 8.69. The van der Waals surface area contributed by atoms with Crippen LogP contribution in [-0.2, 0) is 4.79 Å². The van der Waals surface area contributed by atoms with Crippen molar-refractivity contribution >= 4 is 5.97 Å². The summed E-state index contributed by atoms with van der Waals surface area (Å²) in [4.78, 5) is 12.6. The molecule has 0 fully saturated rings. The van der Waals surface area contributed by atoms with Crippen LogP contribution in [0.2, 0.25) is 0 Å². The Labute approximate surface area is 78.2 Å². The molecule has 1 unspecified atom stereocenters. The van der Waals surface area contributed by atoms with Gasteiger partial charge in [-0.05, 0) is 0 Å². The van der Waals surface area contributed by atoms with E-state index in [-0.39, 0.29) is 27.5 Å². The second-order valence-electron chi connectivity index (χ2n) is 2.33. The minimum absolute atomic E-state index is 0.115. The average molecular weight is 272 g/mol. The Hall–Kier alpha value is 0.160. The number of nitrogens with one attached hydrogen (secondary N) is 1. The number of hydrogen-bond donors (Lipinski definition) is 2. The maximum absolute atomic E-state index is 10.6. The fourth-order valence-corrected chi connectivity index (χ4v) is 2.09. The van der Waals surface area contributed by atoms with Crippen LogP contribution in [-0.4, -0.2) is 22.0 Å². The molecule has 0 heterocycles. The van der Waals surface area contributed by atoms with E-state index >= 15 is 0 Å². The van der Waals surface area contributed by atoms with Crippen LogP contribution in [0.25, 0.3) is 0 Å². The first-order valence-electron chi connectivity index (χ1n) is 3.69. The van der Waals surface area contributed by atoms with E-state index in [1.807, 2.05) is 4.93 Å². The van der Waals surface area contributed by atoms with Crippen LogP contribution >= 0.6 is 0 Å². The van der Waals surface area contributed by atoms with Crippen molar-refractivity contribution in [2.24, 2.45) is 0 Å². The van der Waals surface area contributed by atoms with E-state index in [0.29, 0.717) is 0 Å². The van der Waals surface area contributed by atoms with Gasteiger partial charge in [0, 0.05) is 0 Å². The summed E-state index contributed by atoms with van der Waals surface area (Å²) in [5.74, 6) is -0.708. The van der Waals surface area contributed by atoms with Gasteiger partial charge in [0.25, 0.3) is 0 Å². The quantitative estimate of drug-likeness (QED) is 0.329. The van der Waals surface area contributed by atoms with Crippen molar-refractivity contribution in [3.05, 3.63) is 0 Å². The summed E-state index contributed by atoms with van der Waals surface area (Å²) in [5.41, 5.74) is 0. The molecule has 68 valence electrons. The van der Waals surface area contributed by atoms with E-state index in [4.69, 9.17) is 5.11 Å². The molecule has 0 aliphatic rings. The number of carboxylic acid groups (broad SMARTS) is 1. The summed E-state index contributed by atoms with van der Waals surface area (Å²) in [6.45, 7) is 2.07. The van der Waals surface area contributed by atoms with Crippen LogP contribution in [0.4, 0.5) is 0 Å². The summed E-state index contributed by atoms with van der Waals surface area (Å²) >= 11 is -0.115. The molecule has 0 aliphatic heterocycles. The van der Waals surface area contributed by atoms with E-state index in [9.17, 15) is 4.79 Å². The second kappa shape index (κ2) is 6.84. The van der Waals surface area contributed by atoms with Gasteiger partial charge in [0.05, 0.1) is 0 Å². The van der Waals surface area contributed by atoms with Crippen LogP contribution in [0.5, 0.6) is 0 Å². The van der Waals surface area contributed by atoms with E-state index in [1.54, 1.807) is 0 Å². The van der Waals surface area contributed by atoms with Crippen molar-refractivity contribution in [2.45, 2.75) is 32.2 Å². The maximum atomic E-state index is 10.6. The van der Waals surface area contributed by atoms with Crippen LogP contribution in [0.1, 0.15) is 26.2 Å². The molecule has 0 aromatic heterocycles. The summed E-state index contributed by atoms with van der Waals surface area (Å²) in [7, 11) is 0. The molecule has 3 nitrogen and oxygen atoms in total. The van der Waals surface area contributed by atoms with Gasteiger partial charge in [-0.25, -0.2) is 0 Å². The molecule has 4 heteroatoms. The number of alkyl halides is 1. The van der Waals surface area contributed by atoms with Gasteiger partial charge in [-0.1, -0.05) is 0 Å². The van der Waals surface area contributed by atoms with Gasteiger partial charge in [0.2, 0.25) is 0 Å². The predicted molar refractivity (Wildman–Crippen MR) is 40.0 cm³/mol. The van der Waals surface area contributed by atoms with Gasteiger partial charge < -0.3 is 0 Å². The van der Waals surface area contributed by atoms with Gasteiger partial charge in [-0.2, -0.15) is 0 Å². The molecule has 0 saturated carbocycles. The molecule has 0 rings (SSSR count). The average Bonchev–Trinajstić information content (AvgIpc) is 1.97. The standard InChI is InChI=1S/C7H15INO2/c1-3-4-5-6(7(10)11)9-8-2/h6,9H,3-5H2,1-2H3,(H,10,11)/q-1. The van der Waals surface area contributed by atoms with E-state index in [0.717, 1.165) is 19.3 Å². The molecule has 0 bridgehead atoms. The molecule has 1 atom stereocenters. The Kier molecular flexibility index (Phi) is 6.94. The molecule has 0 aromatic rings. The first kappa shape index (κ1) is 11.2. The third-order valence-electron chi connectivity index (χ3n) is 1.39. The Morgan fingerprint density at radius 3 is 2.73 bits per heavy atom. The first-order chi connectivity index (χ1) is 5.22. The fraction of sp³-hybridized carbons (Fsp3) is 0.857. The number of halogens is 1. The van der Waals surface area contributed by atoms with Gasteiger partial charge >= 0.3 is 78.0 Å². The molecular formula is C7H15INO2-. The first-order valence-corrected chi connectivity index (χ1v) is 6.92. The second-order valence-corrected chi connectivity index (χ2v) is 4.03. The SMILES string of the molecule is CCCCC(N[I-]C)C(=O)O. The summed E-state index contributed by atoms with van der Waals surface area (Å²) < 4.78 is 3.03. The van der Waals surface area contributed by atoms with Crippen molar-refractivity contribution < 1.29 is 31.4 Å². The molecule has 0 spiro atoms. The molecule has 0 aliphatic carbocycles. The fourth-order valence-electron chi connectivity index (χ4n) is 0.765. The van der Waals surface area contributed by atoms with Crippen LogP contribution < -0.4 is 25.0 Å². The zero-order chi connectivity index (χ0) is 8.69. The van der Waals surface area contributed by atoms with Crippen LogP contribution in [0.3, 0.4) is 0 Å². The molecule has 11 heavy (non-hydrogen) atoms. The molecule has 0 radical (unpaired) electrons. The number of hydrogen-bond acceptors (Lipinski definition) is 2. The zero-order valence-corrected chi connectivity index (χ0v) is 9.09. The van der Waals surface area contributed by atoms with Gasteiger partial charge in [-0.3, -0.25) is 0 Å². The zero-order valence-electron chi connectivity index (χ0n) is 6.93. The summed E-state index contributed by atoms with van der Waals surface area (Å²) in [6, 6.07) is -0.298. The van der Waals surface area contributed by atoms with E-state index in [1.165, 1.54) is 0 Å². The topological polar surface area (TPSA) is 49.3 Å². The Morgan fingerprint density at radius 1 is 1.73 bits per heavy atom. The normalized spacial score (nSPS) is 13.3. The molecular weight excluding hydrogens is 257 g/mol. The third kappa shape index (κ3) is 5.43. The van der Waals surface area contributed by atoms with Crippen molar-refractivity contribution in [1.82, 2.24) is 3.53 Å². The Morgan fingerprint density at radius 2 is 2.36 bits per heavy atom. The van der Waals surface area contributed by atoms with E-state index in [2.05, 4.69) is 10.5 Å². The van der Waals surface area contributed by atoms with Crippen LogP contribution in [0.15, 0.2) is 0 Å². The molecule has 0 saturated heterocycles. The summed E-state index contributed by atoms with van der Waals surface area (Å²) in [6.07, 6.45) is 2.82. The van der Waals surface area contributed by atoms with Gasteiger partial charge in [0.1, 0.15) is 0 Å². The van der Waals surface area contributed by atoms with Crippen molar-refractivity contribution in [3.63, 3.8) is 0 Å². The Balaban J connectivity index is 3.60. The van der Waals surface area contributed by atoms with Crippen molar-refractivity contribution in [3.8, 4) is 0 Å². The van der Waals surface area contributed by atoms with Gasteiger partial charge in [-0.15, -0.1) is 0 Å². The molecule has 0 amide bonds. The molecule has 0 aromatic carbocycles.